The maximum atomic E-state index is 5.82. The summed E-state index contributed by atoms with van der Waals surface area (Å²) in [6.07, 6.45) is 0.889. The molecule has 0 aliphatic heterocycles. The normalized spacial score (nSPS) is 10.9. The number of hydrogen-bond donors (Lipinski definition) is 1. The summed E-state index contributed by atoms with van der Waals surface area (Å²) in [4.78, 5) is 2.11. The van der Waals surface area contributed by atoms with E-state index in [-0.39, 0.29) is 0 Å². The van der Waals surface area contributed by atoms with Crippen molar-refractivity contribution in [3.05, 3.63) is 29.8 Å². The first-order chi connectivity index (χ1) is 7.20. The van der Waals surface area contributed by atoms with Crippen molar-refractivity contribution in [3.8, 4) is 0 Å². The van der Waals surface area contributed by atoms with Crippen LogP contribution in [-0.4, -0.2) is 38.8 Å². The van der Waals surface area contributed by atoms with E-state index in [1.54, 1.807) is 0 Å². The van der Waals surface area contributed by atoms with Gasteiger partial charge < -0.3 is 15.4 Å². The number of hydrogen-bond acceptors (Lipinski definition) is 3. The van der Waals surface area contributed by atoms with Crippen LogP contribution in [0.3, 0.4) is 0 Å². The van der Waals surface area contributed by atoms with Crippen molar-refractivity contribution in [1.82, 2.24) is 4.90 Å². The molecule has 0 radical (unpaired) electrons. The molecule has 0 bridgehead atoms. The first-order valence-corrected chi connectivity index (χ1v) is 5.26. The molecule has 0 aromatic heterocycles. The van der Waals surface area contributed by atoms with Crippen molar-refractivity contribution in [1.29, 1.82) is 0 Å². The Labute approximate surface area is 91.8 Å². The van der Waals surface area contributed by atoms with E-state index in [0.29, 0.717) is 0 Å². The zero-order valence-electron chi connectivity index (χ0n) is 9.57. The summed E-state index contributed by atoms with van der Waals surface area (Å²) >= 11 is 0. The summed E-state index contributed by atoms with van der Waals surface area (Å²) in [6, 6.07) is 7.93. The molecule has 0 aliphatic carbocycles. The lowest BCUT2D eigenvalue weighted by Crippen LogP contribution is -2.18. The number of nitrogen functional groups attached to an aromatic ring is 1. The van der Waals surface area contributed by atoms with Crippen molar-refractivity contribution in [3.63, 3.8) is 0 Å². The van der Waals surface area contributed by atoms with Crippen LogP contribution in [0.25, 0.3) is 0 Å². The average molecular weight is 208 g/mol. The maximum Gasteiger partial charge on any atom is 0.0593 e. The number of anilines is 1. The molecule has 1 rings (SSSR count). The van der Waals surface area contributed by atoms with Crippen LogP contribution in [0.2, 0.25) is 0 Å². The Kier molecular flexibility index (Phi) is 5.15. The Morgan fingerprint density at radius 2 is 1.93 bits per heavy atom. The highest BCUT2D eigenvalue weighted by atomic mass is 16.5. The minimum atomic E-state index is 0.738. The number of nitrogens with two attached hydrogens (primary N) is 1. The molecule has 0 saturated heterocycles. The molecule has 15 heavy (non-hydrogen) atoms. The van der Waals surface area contributed by atoms with Crippen LogP contribution in [0.1, 0.15) is 5.56 Å². The van der Waals surface area contributed by atoms with Gasteiger partial charge in [-0.1, -0.05) is 18.2 Å². The van der Waals surface area contributed by atoms with Crippen LogP contribution < -0.4 is 5.73 Å². The Morgan fingerprint density at radius 1 is 1.20 bits per heavy atom. The van der Waals surface area contributed by atoms with Gasteiger partial charge in [0.1, 0.15) is 0 Å². The monoisotopic (exact) mass is 208 g/mol. The molecule has 2 N–H and O–H groups in total. The van der Waals surface area contributed by atoms with Crippen molar-refractivity contribution < 1.29 is 4.74 Å². The van der Waals surface area contributed by atoms with Gasteiger partial charge in [0.15, 0.2) is 0 Å². The number of para-hydroxylation sites is 1. The van der Waals surface area contributed by atoms with Crippen molar-refractivity contribution >= 4 is 5.69 Å². The highest BCUT2D eigenvalue weighted by Crippen LogP contribution is 2.10. The zero-order chi connectivity index (χ0) is 11.1. The third kappa shape index (κ3) is 4.81. The highest BCUT2D eigenvalue weighted by molar-refractivity contribution is 5.46. The van der Waals surface area contributed by atoms with E-state index in [4.69, 9.17) is 10.5 Å². The fraction of sp³-hybridized carbons (Fsp3) is 0.500. The zero-order valence-corrected chi connectivity index (χ0v) is 9.57. The van der Waals surface area contributed by atoms with E-state index in [2.05, 4.69) is 4.90 Å². The van der Waals surface area contributed by atoms with Gasteiger partial charge in [-0.05, 0) is 32.1 Å². The largest absolute Gasteiger partial charge is 0.399 e. The molecule has 0 unspecified atom stereocenters. The minimum Gasteiger partial charge on any atom is -0.399 e. The summed E-state index contributed by atoms with van der Waals surface area (Å²) in [5, 5.41) is 0. The van der Waals surface area contributed by atoms with Gasteiger partial charge in [-0.3, -0.25) is 0 Å². The molecule has 0 fully saturated rings. The van der Waals surface area contributed by atoms with Gasteiger partial charge in [-0.15, -0.1) is 0 Å². The molecular weight excluding hydrogens is 188 g/mol. The van der Waals surface area contributed by atoms with Crippen LogP contribution in [0.4, 0.5) is 5.69 Å². The molecule has 3 heteroatoms. The molecular formula is C12H20N2O. The van der Waals surface area contributed by atoms with Gasteiger partial charge in [-0.2, -0.15) is 0 Å². The van der Waals surface area contributed by atoms with Crippen LogP contribution in [-0.2, 0) is 11.2 Å². The number of rotatable bonds is 6. The van der Waals surface area contributed by atoms with Crippen LogP contribution in [0.15, 0.2) is 24.3 Å². The van der Waals surface area contributed by atoms with E-state index < -0.39 is 0 Å². The molecule has 0 atom stereocenters. The molecule has 3 nitrogen and oxygen atoms in total. The van der Waals surface area contributed by atoms with Crippen molar-refractivity contribution in [2.45, 2.75) is 6.42 Å². The smallest absolute Gasteiger partial charge is 0.0593 e. The summed E-state index contributed by atoms with van der Waals surface area (Å²) < 4.78 is 5.51. The van der Waals surface area contributed by atoms with Crippen molar-refractivity contribution in [2.24, 2.45) is 0 Å². The van der Waals surface area contributed by atoms with Gasteiger partial charge in [0, 0.05) is 12.2 Å². The molecule has 1 aromatic carbocycles. The van der Waals surface area contributed by atoms with E-state index in [1.165, 1.54) is 5.56 Å². The predicted octanol–water partition coefficient (Wildman–Crippen LogP) is 1.39. The van der Waals surface area contributed by atoms with Crippen molar-refractivity contribution in [2.75, 3.05) is 39.6 Å². The van der Waals surface area contributed by atoms with E-state index in [1.807, 2.05) is 38.4 Å². The molecule has 0 saturated carbocycles. The number of nitrogens with zero attached hydrogens (tertiary/aromatic N) is 1. The number of likely N-dealkylation sites (N-methyl/N-ethyl adjacent to an activating group) is 1. The average Bonchev–Trinajstić information content (AvgIpc) is 2.20. The fourth-order valence-electron chi connectivity index (χ4n) is 1.29. The van der Waals surface area contributed by atoms with Gasteiger partial charge >= 0.3 is 0 Å². The first kappa shape index (κ1) is 12.0. The molecule has 0 heterocycles. The second-order valence-electron chi connectivity index (χ2n) is 3.86. The van der Waals surface area contributed by atoms with Crippen LogP contribution in [0, 0.1) is 0 Å². The predicted molar refractivity (Wildman–Crippen MR) is 63.9 cm³/mol. The Morgan fingerprint density at radius 3 is 2.60 bits per heavy atom. The Balaban J connectivity index is 2.18. The second-order valence-corrected chi connectivity index (χ2v) is 3.86. The summed E-state index contributed by atoms with van der Waals surface area (Å²) in [7, 11) is 4.08. The Hall–Kier alpha value is -1.06. The summed E-state index contributed by atoms with van der Waals surface area (Å²) in [5.74, 6) is 0. The van der Waals surface area contributed by atoms with Gasteiger partial charge in [0.25, 0.3) is 0 Å². The minimum absolute atomic E-state index is 0.738. The summed E-state index contributed by atoms with van der Waals surface area (Å²) in [6.45, 7) is 2.48. The molecule has 1 aromatic rings. The van der Waals surface area contributed by atoms with E-state index in [9.17, 15) is 0 Å². The lowest BCUT2D eigenvalue weighted by Gasteiger charge is -2.10. The third-order valence-corrected chi connectivity index (χ3v) is 2.25. The molecule has 0 spiro atoms. The fourth-order valence-corrected chi connectivity index (χ4v) is 1.29. The lowest BCUT2D eigenvalue weighted by atomic mass is 10.1. The standard InChI is InChI=1S/C12H20N2O/c1-14(2)8-10-15-9-7-11-5-3-4-6-12(11)13/h3-6H,7-10,13H2,1-2H3. The lowest BCUT2D eigenvalue weighted by molar-refractivity contribution is 0.120. The molecule has 0 amide bonds. The molecule has 84 valence electrons. The topological polar surface area (TPSA) is 38.5 Å². The van der Waals surface area contributed by atoms with Gasteiger partial charge in [-0.25, -0.2) is 0 Å². The van der Waals surface area contributed by atoms with Crippen LogP contribution in [0.5, 0.6) is 0 Å². The maximum absolute atomic E-state index is 5.82. The number of ether oxygens (including phenoxy) is 1. The second kappa shape index (κ2) is 6.43. The summed E-state index contributed by atoms with van der Waals surface area (Å²) in [5.41, 5.74) is 7.84. The quantitative estimate of drug-likeness (QED) is 0.567. The Bertz CT molecular complexity index is 287. The van der Waals surface area contributed by atoms with E-state index in [0.717, 1.165) is 31.9 Å². The highest BCUT2D eigenvalue weighted by Gasteiger charge is 1.97. The molecule has 0 aliphatic rings. The van der Waals surface area contributed by atoms with Gasteiger partial charge in [0.05, 0.1) is 13.2 Å². The van der Waals surface area contributed by atoms with Crippen LogP contribution >= 0.6 is 0 Å². The SMILES string of the molecule is CN(C)CCOCCc1ccccc1N. The van der Waals surface area contributed by atoms with E-state index >= 15 is 0 Å². The number of benzene rings is 1. The van der Waals surface area contributed by atoms with Gasteiger partial charge in [0.2, 0.25) is 0 Å². The third-order valence-electron chi connectivity index (χ3n) is 2.25. The first-order valence-electron chi connectivity index (χ1n) is 5.26.